The highest BCUT2D eigenvalue weighted by molar-refractivity contribution is 7.10. The number of carbonyl (C=O) groups is 2. The van der Waals surface area contributed by atoms with Crippen LogP contribution in [-0.2, 0) is 9.59 Å². The van der Waals surface area contributed by atoms with Gasteiger partial charge in [0.05, 0.1) is 25.8 Å². The highest BCUT2D eigenvalue weighted by Gasteiger charge is 2.46. The average Bonchev–Trinajstić information content (AvgIpc) is 3.28. The summed E-state index contributed by atoms with van der Waals surface area (Å²) < 4.78 is 10.6. The Morgan fingerprint density at radius 1 is 1.13 bits per heavy atom. The van der Waals surface area contributed by atoms with Gasteiger partial charge in [0.25, 0.3) is 11.7 Å². The Hall–Kier alpha value is -2.80. The molecule has 1 fully saturated rings. The van der Waals surface area contributed by atoms with Crippen molar-refractivity contribution in [1.29, 1.82) is 0 Å². The third-order valence-corrected chi connectivity index (χ3v) is 6.42. The minimum Gasteiger partial charge on any atom is -0.507 e. The Bertz CT molecular complexity index is 978. The lowest BCUT2D eigenvalue weighted by Gasteiger charge is -2.25. The molecule has 1 aliphatic heterocycles. The fourth-order valence-electron chi connectivity index (χ4n) is 3.72. The number of nitrogens with zero attached hydrogens (tertiary/aromatic N) is 1. The van der Waals surface area contributed by atoms with Crippen molar-refractivity contribution in [2.75, 3.05) is 20.8 Å². The Morgan fingerprint density at radius 3 is 2.47 bits per heavy atom. The number of methoxy groups -OCH3 is 2. The van der Waals surface area contributed by atoms with Crippen molar-refractivity contribution < 1.29 is 24.2 Å². The van der Waals surface area contributed by atoms with Crippen LogP contribution in [0.2, 0.25) is 0 Å². The van der Waals surface area contributed by atoms with Gasteiger partial charge in [0.1, 0.15) is 5.76 Å². The summed E-state index contributed by atoms with van der Waals surface area (Å²) in [5.74, 6) is -0.477. The summed E-state index contributed by atoms with van der Waals surface area (Å²) in [5.41, 5.74) is 1.51. The van der Waals surface area contributed by atoms with Crippen LogP contribution in [0.4, 0.5) is 0 Å². The van der Waals surface area contributed by atoms with Gasteiger partial charge in [0, 0.05) is 17.0 Å². The van der Waals surface area contributed by atoms with Gasteiger partial charge in [-0.25, -0.2) is 0 Å². The fourth-order valence-corrected chi connectivity index (χ4v) is 4.77. The number of amides is 1. The molecule has 7 heteroatoms. The van der Waals surface area contributed by atoms with Crippen molar-refractivity contribution >= 4 is 28.8 Å². The number of carbonyl (C=O) groups excluding carboxylic acids is 2. The molecule has 0 aliphatic carbocycles. The number of aliphatic hydroxyl groups is 1. The lowest BCUT2D eigenvalue weighted by molar-refractivity contribution is -0.139. The van der Waals surface area contributed by atoms with Gasteiger partial charge in [-0.2, -0.15) is 0 Å². The molecule has 2 aromatic rings. The number of hydrogen-bond donors (Lipinski definition) is 1. The van der Waals surface area contributed by atoms with Crippen LogP contribution >= 0.6 is 11.3 Å². The first-order chi connectivity index (χ1) is 14.4. The highest BCUT2D eigenvalue weighted by Crippen LogP contribution is 2.43. The first-order valence-corrected chi connectivity index (χ1v) is 10.9. The zero-order valence-corrected chi connectivity index (χ0v) is 18.5. The van der Waals surface area contributed by atoms with E-state index >= 15 is 0 Å². The van der Waals surface area contributed by atoms with Gasteiger partial charge in [-0.1, -0.05) is 19.8 Å². The number of thiophene rings is 1. The maximum Gasteiger partial charge on any atom is 0.295 e. The number of hydrogen-bond acceptors (Lipinski definition) is 6. The third-order valence-electron chi connectivity index (χ3n) is 5.35. The molecule has 160 valence electrons. The number of ketones is 1. The number of aliphatic hydroxyl groups excluding tert-OH is 1. The first-order valence-electron chi connectivity index (χ1n) is 9.99. The van der Waals surface area contributed by atoms with E-state index in [1.807, 2.05) is 18.4 Å². The number of likely N-dealkylation sites (tertiary alicyclic amines) is 1. The molecule has 1 unspecified atom stereocenters. The van der Waals surface area contributed by atoms with Gasteiger partial charge in [-0.15, -0.1) is 11.3 Å². The quantitative estimate of drug-likeness (QED) is 0.285. The van der Waals surface area contributed by atoms with Gasteiger partial charge >= 0.3 is 0 Å². The maximum absolute atomic E-state index is 13.0. The number of Topliss-reactive ketones (excluding diaryl/α,β-unsaturated/α-hetero) is 1. The zero-order chi connectivity index (χ0) is 21.8. The van der Waals surface area contributed by atoms with E-state index in [1.54, 1.807) is 23.1 Å². The molecule has 1 aromatic heterocycles. The van der Waals surface area contributed by atoms with Crippen molar-refractivity contribution in [2.24, 2.45) is 0 Å². The Morgan fingerprint density at radius 2 is 1.87 bits per heavy atom. The Kier molecular flexibility index (Phi) is 6.82. The topological polar surface area (TPSA) is 76.1 Å². The van der Waals surface area contributed by atoms with E-state index in [-0.39, 0.29) is 11.3 Å². The summed E-state index contributed by atoms with van der Waals surface area (Å²) in [7, 11) is 3.03. The lowest BCUT2D eigenvalue weighted by Crippen LogP contribution is -2.30. The molecule has 2 heterocycles. The van der Waals surface area contributed by atoms with Crippen LogP contribution in [0.1, 0.15) is 48.2 Å². The molecule has 6 nitrogen and oxygen atoms in total. The molecule has 1 amide bonds. The van der Waals surface area contributed by atoms with Gasteiger partial charge < -0.3 is 19.5 Å². The van der Waals surface area contributed by atoms with E-state index in [1.165, 1.54) is 25.6 Å². The van der Waals surface area contributed by atoms with Gasteiger partial charge in [-0.3, -0.25) is 9.59 Å². The van der Waals surface area contributed by atoms with Crippen LogP contribution in [0.5, 0.6) is 11.5 Å². The van der Waals surface area contributed by atoms with E-state index in [2.05, 4.69) is 6.92 Å². The summed E-state index contributed by atoms with van der Waals surface area (Å²) >= 11 is 1.49. The van der Waals surface area contributed by atoms with E-state index < -0.39 is 17.7 Å². The zero-order valence-electron chi connectivity index (χ0n) is 17.7. The van der Waals surface area contributed by atoms with E-state index in [0.29, 0.717) is 23.6 Å². The number of rotatable bonds is 8. The van der Waals surface area contributed by atoms with Crippen molar-refractivity contribution in [2.45, 2.75) is 39.2 Å². The third kappa shape index (κ3) is 3.94. The molecule has 0 saturated carbocycles. The minimum absolute atomic E-state index is 0.120. The smallest absolute Gasteiger partial charge is 0.295 e. The second-order valence-electron chi connectivity index (χ2n) is 7.24. The monoisotopic (exact) mass is 429 g/mol. The molecule has 1 saturated heterocycles. The predicted molar refractivity (Wildman–Crippen MR) is 117 cm³/mol. The van der Waals surface area contributed by atoms with Crippen molar-refractivity contribution in [3.05, 3.63) is 51.2 Å². The molecule has 30 heavy (non-hydrogen) atoms. The lowest BCUT2D eigenvalue weighted by atomic mass is 9.98. The molecule has 1 N–H and O–H groups in total. The summed E-state index contributed by atoms with van der Waals surface area (Å²) in [6.45, 7) is 4.52. The molecule has 3 rings (SSSR count). The summed E-state index contributed by atoms with van der Waals surface area (Å²) in [6.07, 6.45) is 2.79. The molecule has 1 atom stereocenters. The maximum atomic E-state index is 13.0. The molecule has 0 spiro atoms. The SMILES string of the molecule is CCCCCN1C(=O)C(=O)/C(=C(\O)c2ccc(OC)c(OC)c2)C1c1sccc1C. The van der Waals surface area contributed by atoms with Crippen molar-refractivity contribution in [3.8, 4) is 11.5 Å². The average molecular weight is 430 g/mol. The molecule has 1 aromatic carbocycles. The summed E-state index contributed by atoms with van der Waals surface area (Å²) in [6, 6.07) is 6.30. The van der Waals surface area contributed by atoms with E-state index in [4.69, 9.17) is 9.47 Å². The number of ether oxygens (including phenoxy) is 2. The van der Waals surface area contributed by atoms with Crippen LogP contribution in [0.25, 0.3) is 5.76 Å². The normalized spacial score (nSPS) is 18.1. The van der Waals surface area contributed by atoms with Crippen LogP contribution in [0.3, 0.4) is 0 Å². The minimum atomic E-state index is -0.656. The fraction of sp³-hybridized carbons (Fsp3) is 0.391. The largest absolute Gasteiger partial charge is 0.507 e. The second kappa shape index (κ2) is 9.34. The van der Waals surface area contributed by atoms with Gasteiger partial charge in [0.2, 0.25) is 0 Å². The van der Waals surface area contributed by atoms with Crippen molar-refractivity contribution in [3.63, 3.8) is 0 Å². The van der Waals surface area contributed by atoms with Crippen LogP contribution in [-0.4, -0.2) is 42.5 Å². The molecule has 0 bridgehead atoms. The van der Waals surface area contributed by atoms with Crippen LogP contribution in [0.15, 0.2) is 35.2 Å². The van der Waals surface area contributed by atoms with Crippen molar-refractivity contribution in [1.82, 2.24) is 4.90 Å². The number of benzene rings is 1. The Labute approximate surface area is 180 Å². The molecule has 1 aliphatic rings. The predicted octanol–water partition coefficient (Wildman–Crippen LogP) is 4.69. The van der Waals surface area contributed by atoms with Gasteiger partial charge in [-0.05, 0) is 48.6 Å². The molecular weight excluding hydrogens is 402 g/mol. The number of unbranched alkanes of at least 4 members (excludes halogenated alkanes) is 2. The van der Waals surface area contributed by atoms with E-state index in [9.17, 15) is 14.7 Å². The molecule has 0 radical (unpaired) electrons. The summed E-state index contributed by atoms with van der Waals surface area (Å²) in [4.78, 5) is 28.4. The van der Waals surface area contributed by atoms with Crippen LogP contribution < -0.4 is 9.47 Å². The first kappa shape index (κ1) is 21.9. The van der Waals surface area contributed by atoms with Gasteiger partial charge in [0.15, 0.2) is 11.5 Å². The molecular formula is C23H27NO5S. The van der Waals surface area contributed by atoms with Crippen LogP contribution in [0, 0.1) is 6.92 Å². The second-order valence-corrected chi connectivity index (χ2v) is 8.18. The standard InChI is InChI=1S/C23H27NO5S/c1-5-6-7-11-24-19(22-14(2)10-12-30-22)18(21(26)23(24)27)20(25)15-8-9-16(28-3)17(13-15)29-4/h8-10,12-13,19,25H,5-7,11H2,1-4H3/b20-18-. The summed E-state index contributed by atoms with van der Waals surface area (Å²) in [5, 5.41) is 13.1. The van der Waals surface area contributed by atoms with E-state index in [0.717, 1.165) is 29.7 Å². The Balaban J connectivity index is 2.13. The number of aryl methyl sites for hydroxylation is 1. The highest BCUT2D eigenvalue weighted by atomic mass is 32.1.